The molecule has 0 saturated heterocycles. The number of nitrogens with zero attached hydrogens (tertiary/aromatic N) is 2. The molecule has 1 aliphatic rings. The highest BCUT2D eigenvalue weighted by Gasteiger charge is 2.35. The number of pyridine rings is 1. The quantitative estimate of drug-likeness (QED) is 0.940. The first kappa shape index (κ1) is 14.6. The number of carbonyl (C=O) groups is 1. The lowest BCUT2D eigenvalue weighted by atomic mass is 9.81. The zero-order chi connectivity index (χ0) is 15.7. The summed E-state index contributed by atoms with van der Waals surface area (Å²) >= 11 is 0. The van der Waals surface area contributed by atoms with Crippen molar-refractivity contribution in [2.75, 3.05) is 5.32 Å². The van der Waals surface area contributed by atoms with Gasteiger partial charge in [-0.2, -0.15) is 13.2 Å². The molecule has 0 spiro atoms. The Morgan fingerprint density at radius 1 is 1.32 bits per heavy atom. The zero-order valence-electron chi connectivity index (χ0n) is 11.4. The van der Waals surface area contributed by atoms with Gasteiger partial charge in [0.25, 0.3) is 5.91 Å². The van der Waals surface area contributed by atoms with E-state index in [0.29, 0.717) is 0 Å². The van der Waals surface area contributed by atoms with Gasteiger partial charge in [0.15, 0.2) is 0 Å². The number of hydrogen-bond donors (Lipinski definition) is 1. The number of aromatic nitrogens is 2. The predicted molar refractivity (Wildman–Crippen MR) is 70.3 cm³/mol. The van der Waals surface area contributed by atoms with Crippen LogP contribution in [0.4, 0.5) is 19.1 Å². The van der Waals surface area contributed by atoms with Gasteiger partial charge in [0, 0.05) is 18.0 Å². The Balaban J connectivity index is 1.85. The van der Waals surface area contributed by atoms with E-state index in [-0.39, 0.29) is 11.8 Å². The second-order valence-electron chi connectivity index (χ2n) is 5.11. The Kier molecular flexibility index (Phi) is 3.59. The molecule has 22 heavy (non-hydrogen) atoms. The fraction of sp³-hybridized carbons (Fsp3) is 0.357. The molecule has 1 amide bonds. The molecule has 0 atom stereocenters. The van der Waals surface area contributed by atoms with E-state index in [0.717, 1.165) is 43.3 Å². The lowest BCUT2D eigenvalue weighted by Gasteiger charge is -2.24. The van der Waals surface area contributed by atoms with Crippen LogP contribution in [-0.4, -0.2) is 16.0 Å². The second kappa shape index (κ2) is 5.43. The molecule has 2 heterocycles. The van der Waals surface area contributed by atoms with E-state index in [1.54, 1.807) is 0 Å². The SMILES string of the molecule is O=C(Nc1oncc1C1CCC1)c1cnccc1C(F)(F)F. The molecule has 0 aromatic carbocycles. The van der Waals surface area contributed by atoms with Gasteiger partial charge in [0.2, 0.25) is 5.88 Å². The van der Waals surface area contributed by atoms with Crippen LogP contribution in [0.5, 0.6) is 0 Å². The van der Waals surface area contributed by atoms with E-state index >= 15 is 0 Å². The lowest BCUT2D eigenvalue weighted by molar-refractivity contribution is -0.138. The normalized spacial score (nSPS) is 15.4. The van der Waals surface area contributed by atoms with Crippen LogP contribution in [0.15, 0.2) is 29.2 Å². The van der Waals surface area contributed by atoms with Gasteiger partial charge < -0.3 is 4.52 Å². The highest BCUT2D eigenvalue weighted by atomic mass is 19.4. The van der Waals surface area contributed by atoms with E-state index in [1.165, 1.54) is 6.20 Å². The maximum atomic E-state index is 12.9. The Morgan fingerprint density at radius 2 is 2.09 bits per heavy atom. The molecular formula is C14H12F3N3O2. The van der Waals surface area contributed by atoms with Crippen molar-refractivity contribution in [1.82, 2.24) is 10.1 Å². The smallest absolute Gasteiger partial charge is 0.338 e. The van der Waals surface area contributed by atoms with Gasteiger partial charge >= 0.3 is 6.18 Å². The number of alkyl halides is 3. The van der Waals surface area contributed by atoms with Gasteiger partial charge in [-0.25, -0.2) is 0 Å². The van der Waals surface area contributed by atoms with Crippen LogP contribution in [0.25, 0.3) is 0 Å². The van der Waals surface area contributed by atoms with Crippen LogP contribution in [0.3, 0.4) is 0 Å². The van der Waals surface area contributed by atoms with Gasteiger partial charge in [-0.15, -0.1) is 0 Å². The van der Waals surface area contributed by atoms with E-state index in [1.807, 2.05) is 0 Å². The molecule has 3 rings (SSSR count). The molecule has 0 aliphatic heterocycles. The number of nitrogens with one attached hydrogen (secondary N) is 1. The topological polar surface area (TPSA) is 68.0 Å². The monoisotopic (exact) mass is 311 g/mol. The first-order valence-corrected chi connectivity index (χ1v) is 6.74. The molecule has 2 aromatic rings. The zero-order valence-corrected chi connectivity index (χ0v) is 11.4. The molecule has 8 heteroatoms. The predicted octanol–water partition coefficient (Wildman–Crippen LogP) is 3.61. The summed E-state index contributed by atoms with van der Waals surface area (Å²) in [6.45, 7) is 0. The van der Waals surface area contributed by atoms with E-state index in [4.69, 9.17) is 4.52 Å². The summed E-state index contributed by atoms with van der Waals surface area (Å²) in [7, 11) is 0. The Morgan fingerprint density at radius 3 is 2.73 bits per heavy atom. The minimum absolute atomic E-state index is 0.103. The number of carbonyl (C=O) groups excluding carboxylic acids is 1. The number of hydrogen-bond acceptors (Lipinski definition) is 4. The third-order valence-electron chi connectivity index (χ3n) is 3.74. The van der Waals surface area contributed by atoms with Gasteiger partial charge in [-0.05, 0) is 24.8 Å². The van der Waals surface area contributed by atoms with Crippen molar-refractivity contribution >= 4 is 11.8 Å². The molecule has 1 fully saturated rings. The summed E-state index contributed by atoms with van der Waals surface area (Å²) in [5, 5.41) is 5.98. The minimum atomic E-state index is -4.63. The molecule has 0 bridgehead atoms. The van der Waals surface area contributed by atoms with Gasteiger partial charge in [0.1, 0.15) is 0 Å². The van der Waals surface area contributed by atoms with Crippen molar-refractivity contribution in [2.45, 2.75) is 31.4 Å². The molecule has 5 nitrogen and oxygen atoms in total. The first-order chi connectivity index (χ1) is 10.5. The van der Waals surface area contributed by atoms with Gasteiger partial charge in [0.05, 0.1) is 17.3 Å². The highest BCUT2D eigenvalue weighted by molar-refractivity contribution is 6.04. The highest BCUT2D eigenvalue weighted by Crippen LogP contribution is 2.40. The Labute approximate surface area is 123 Å². The largest absolute Gasteiger partial charge is 0.417 e. The summed E-state index contributed by atoms with van der Waals surface area (Å²) in [4.78, 5) is 15.7. The molecule has 116 valence electrons. The van der Waals surface area contributed by atoms with Crippen LogP contribution in [-0.2, 0) is 6.18 Å². The number of anilines is 1. The number of halogens is 3. The standard InChI is InChI=1S/C14H12F3N3O2/c15-14(16,17)11-4-5-18-6-10(11)12(21)20-13-9(7-19-22-13)8-2-1-3-8/h4-8H,1-3H2,(H,20,21). The van der Waals surface area contributed by atoms with Crippen molar-refractivity contribution in [3.05, 3.63) is 41.3 Å². The average Bonchev–Trinajstić information content (AvgIpc) is 2.84. The van der Waals surface area contributed by atoms with Crippen LogP contribution in [0.1, 0.15) is 46.7 Å². The molecule has 0 unspecified atom stereocenters. The molecule has 1 saturated carbocycles. The molecule has 1 aliphatic carbocycles. The maximum Gasteiger partial charge on any atom is 0.417 e. The maximum absolute atomic E-state index is 12.9. The average molecular weight is 311 g/mol. The van der Waals surface area contributed by atoms with Crippen molar-refractivity contribution in [3.8, 4) is 0 Å². The van der Waals surface area contributed by atoms with E-state index < -0.39 is 23.2 Å². The lowest BCUT2D eigenvalue weighted by Crippen LogP contribution is -2.20. The van der Waals surface area contributed by atoms with Crippen molar-refractivity contribution in [2.24, 2.45) is 0 Å². The summed E-state index contributed by atoms with van der Waals surface area (Å²) < 4.78 is 43.7. The van der Waals surface area contributed by atoms with Gasteiger partial charge in [-0.3, -0.25) is 15.1 Å². The third-order valence-corrected chi connectivity index (χ3v) is 3.74. The van der Waals surface area contributed by atoms with E-state index in [2.05, 4.69) is 15.5 Å². The van der Waals surface area contributed by atoms with Gasteiger partial charge in [-0.1, -0.05) is 11.6 Å². The fourth-order valence-electron chi connectivity index (χ4n) is 2.35. The minimum Gasteiger partial charge on any atom is -0.338 e. The summed E-state index contributed by atoms with van der Waals surface area (Å²) in [6.07, 6.45) is 1.71. The molecule has 1 N–H and O–H groups in total. The Bertz CT molecular complexity index is 693. The van der Waals surface area contributed by atoms with Crippen LogP contribution >= 0.6 is 0 Å². The number of amides is 1. The molecule has 0 radical (unpaired) electrons. The molecular weight excluding hydrogens is 299 g/mol. The van der Waals surface area contributed by atoms with E-state index in [9.17, 15) is 18.0 Å². The number of rotatable bonds is 3. The van der Waals surface area contributed by atoms with Crippen molar-refractivity contribution < 1.29 is 22.5 Å². The van der Waals surface area contributed by atoms with Crippen LogP contribution in [0.2, 0.25) is 0 Å². The van der Waals surface area contributed by atoms with Crippen molar-refractivity contribution in [1.29, 1.82) is 0 Å². The molecule has 2 aromatic heterocycles. The summed E-state index contributed by atoms with van der Waals surface area (Å²) in [5.74, 6) is -0.582. The third kappa shape index (κ3) is 2.68. The van der Waals surface area contributed by atoms with Crippen LogP contribution in [0, 0.1) is 0 Å². The fourth-order valence-corrected chi connectivity index (χ4v) is 2.35. The van der Waals surface area contributed by atoms with Crippen LogP contribution < -0.4 is 5.32 Å². The second-order valence-corrected chi connectivity index (χ2v) is 5.11. The summed E-state index contributed by atoms with van der Waals surface area (Å²) in [5.41, 5.74) is -0.868. The summed E-state index contributed by atoms with van der Waals surface area (Å²) in [6, 6.07) is 0.766. The Hall–Kier alpha value is -2.38. The first-order valence-electron chi connectivity index (χ1n) is 6.74. The van der Waals surface area contributed by atoms with Crippen molar-refractivity contribution in [3.63, 3.8) is 0 Å².